The fourth-order valence-corrected chi connectivity index (χ4v) is 2.83. The molecule has 0 unspecified atom stereocenters. The second kappa shape index (κ2) is 6.49. The van der Waals surface area contributed by atoms with Gasteiger partial charge in [0.1, 0.15) is 0 Å². The van der Waals surface area contributed by atoms with E-state index in [0.717, 1.165) is 6.07 Å². The third-order valence-electron chi connectivity index (χ3n) is 3.85. The summed E-state index contributed by atoms with van der Waals surface area (Å²) in [6, 6.07) is 17.5. The van der Waals surface area contributed by atoms with E-state index in [0.29, 0.717) is 11.1 Å². The molecule has 0 saturated carbocycles. The summed E-state index contributed by atoms with van der Waals surface area (Å²) in [5, 5.41) is 33.8. The van der Waals surface area contributed by atoms with Crippen molar-refractivity contribution in [3.63, 3.8) is 0 Å². The Kier molecular flexibility index (Phi) is 4.22. The molecule has 0 heterocycles. The van der Waals surface area contributed by atoms with Gasteiger partial charge in [-0.1, -0.05) is 72.5 Å². The number of carboxylic acids is 2. The van der Waals surface area contributed by atoms with Gasteiger partial charge in [-0.15, -0.1) is 0 Å². The second-order valence-corrected chi connectivity index (χ2v) is 5.37. The molecule has 3 rings (SSSR count). The number of benzene rings is 3. The van der Waals surface area contributed by atoms with Crippen LogP contribution in [0.1, 0.15) is 20.7 Å². The number of hydrogen-bond acceptors (Lipinski definition) is 4. The first-order valence-corrected chi connectivity index (χ1v) is 7.44. The summed E-state index contributed by atoms with van der Waals surface area (Å²) in [4.78, 5) is 23.5. The first-order valence-electron chi connectivity index (χ1n) is 7.44. The number of carbonyl (C=O) groups excluding carboxylic acids is 1. The van der Waals surface area contributed by atoms with E-state index < -0.39 is 23.3 Å². The van der Waals surface area contributed by atoms with Crippen molar-refractivity contribution >= 4 is 11.9 Å². The zero-order valence-electron chi connectivity index (χ0n) is 12.9. The second-order valence-electron chi connectivity index (χ2n) is 5.37. The average Bonchev–Trinajstić information content (AvgIpc) is 2.62. The number of aromatic carboxylic acids is 2. The highest BCUT2D eigenvalue weighted by molar-refractivity contribution is 6.10. The maximum Gasteiger partial charge on any atom is 0.336 e. The molecule has 124 valence electrons. The van der Waals surface area contributed by atoms with Crippen LogP contribution in [0.5, 0.6) is 5.75 Å². The molecule has 0 aliphatic carbocycles. The van der Waals surface area contributed by atoms with E-state index >= 15 is 0 Å². The van der Waals surface area contributed by atoms with Crippen molar-refractivity contribution in [1.29, 1.82) is 0 Å². The standard InChI is InChI=1S/C20H14O5/c21-15-11-14(19(22)23)16(12-7-3-1-4-8-12)18(20(24)25)17(15)13-9-5-2-6-10-13/h1-11,21H,(H,22,23)(H,24,25)/p-2. The molecule has 0 radical (unpaired) electrons. The maximum atomic E-state index is 12.5. The smallest absolute Gasteiger partial charge is 0.336 e. The molecule has 0 aliphatic heterocycles. The molecule has 0 bridgehead atoms. The summed E-state index contributed by atoms with van der Waals surface area (Å²) in [7, 11) is 0. The Bertz CT molecular complexity index is 947. The first kappa shape index (κ1) is 16.3. The molecule has 3 aromatic carbocycles. The highest BCUT2D eigenvalue weighted by Gasteiger charge is 2.22. The van der Waals surface area contributed by atoms with E-state index in [2.05, 4.69) is 0 Å². The van der Waals surface area contributed by atoms with Crippen molar-refractivity contribution in [1.82, 2.24) is 0 Å². The van der Waals surface area contributed by atoms with Gasteiger partial charge < -0.3 is 20.1 Å². The van der Waals surface area contributed by atoms with E-state index in [-0.39, 0.29) is 16.7 Å². The van der Waals surface area contributed by atoms with Crippen LogP contribution in [0.4, 0.5) is 0 Å². The number of rotatable bonds is 4. The minimum Gasteiger partial charge on any atom is -0.872 e. The van der Waals surface area contributed by atoms with Gasteiger partial charge in [-0.05, 0) is 16.7 Å². The van der Waals surface area contributed by atoms with E-state index in [9.17, 15) is 24.9 Å². The minimum absolute atomic E-state index is 0.0356. The van der Waals surface area contributed by atoms with Gasteiger partial charge in [-0.3, -0.25) is 0 Å². The van der Waals surface area contributed by atoms with Crippen LogP contribution in [0.3, 0.4) is 0 Å². The molecule has 0 fully saturated rings. The molecule has 0 aromatic heterocycles. The monoisotopic (exact) mass is 332 g/mol. The van der Waals surface area contributed by atoms with Crippen LogP contribution in [0.25, 0.3) is 22.3 Å². The largest absolute Gasteiger partial charge is 0.872 e. The molecular formula is C20H12O5-2. The predicted octanol–water partition coefficient (Wildman–Crippen LogP) is 2.16. The van der Waals surface area contributed by atoms with E-state index in [1.165, 1.54) is 0 Å². The Morgan fingerprint density at radius 2 is 1.28 bits per heavy atom. The Hall–Kier alpha value is -3.60. The van der Waals surface area contributed by atoms with E-state index in [1.807, 2.05) is 0 Å². The molecular weight excluding hydrogens is 320 g/mol. The lowest BCUT2D eigenvalue weighted by Crippen LogP contribution is -2.24. The van der Waals surface area contributed by atoms with Crippen molar-refractivity contribution in [3.8, 4) is 28.0 Å². The number of carboxylic acid groups (broad SMARTS) is 2. The van der Waals surface area contributed by atoms with Crippen LogP contribution in [0.2, 0.25) is 0 Å². The van der Waals surface area contributed by atoms with Crippen LogP contribution < -0.4 is 10.2 Å². The lowest BCUT2D eigenvalue weighted by Gasteiger charge is -2.23. The Morgan fingerprint density at radius 1 is 0.800 bits per heavy atom. The quantitative estimate of drug-likeness (QED) is 0.789. The fraction of sp³-hybridized carbons (Fsp3) is 0. The summed E-state index contributed by atoms with van der Waals surface area (Å²) >= 11 is 0. The summed E-state index contributed by atoms with van der Waals surface area (Å²) in [6.07, 6.45) is 0. The van der Waals surface area contributed by atoms with Crippen molar-refractivity contribution in [2.75, 3.05) is 0 Å². The summed E-state index contributed by atoms with van der Waals surface area (Å²) < 4.78 is 0. The van der Waals surface area contributed by atoms with Gasteiger partial charge in [0.25, 0.3) is 0 Å². The highest BCUT2D eigenvalue weighted by Crippen LogP contribution is 2.40. The van der Waals surface area contributed by atoms with Crippen LogP contribution in [-0.4, -0.2) is 17.0 Å². The number of hydrogen-bond donors (Lipinski definition) is 1. The topological polar surface area (TPSA) is 100 Å². The third-order valence-corrected chi connectivity index (χ3v) is 3.85. The van der Waals surface area contributed by atoms with Crippen LogP contribution in [-0.2, 0) is 0 Å². The van der Waals surface area contributed by atoms with Crippen LogP contribution >= 0.6 is 0 Å². The van der Waals surface area contributed by atoms with Crippen LogP contribution in [0, 0.1) is 0 Å². The number of carbonyl (C=O) groups is 2. The lowest BCUT2D eigenvalue weighted by molar-refractivity contribution is -0.268. The maximum absolute atomic E-state index is 12.5. The Balaban J connectivity index is 2.47. The molecule has 5 heteroatoms. The van der Waals surface area contributed by atoms with Gasteiger partial charge in [0, 0.05) is 11.1 Å². The first-order chi connectivity index (χ1) is 12.0. The molecule has 0 atom stereocenters. The molecule has 0 aliphatic rings. The fourth-order valence-electron chi connectivity index (χ4n) is 2.83. The normalized spacial score (nSPS) is 10.4. The molecule has 1 N–H and O–H groups in total. The predicted molar refractivity (Wildman–Crippen MR) is 88.0 cm³/mol. The van der Waals surface area contributed by atoms with Crippen molar-refractivity contribution in [3.05, 3.63) is 77.9 Å². The van der Waals surface area contributed by atoms with E-state index in [1.54, 1.807) is 60.7 Å². The molecule has 25 heavy (non-hydrogen) atoms. The molecule has 3 aromatic rings. The molecule has 0 spiro atoms. The SMILES string of the molecule is O=C([O-])c1cc([O-])c(-c2ccccc2)c(C(=O)O)c1-c1ccccc1. The van der Waals surface area contributed by atoms with Crippen molar-refractivity contribution < 1.29 is 24.9 Å². The van der Waals surface area contributed by atoms with Gasteiger partial charge in [-0.2, -0.15) is 0 Å². The summed E-state index contributed by atoms with van der Waals surface area (Å²) in [6.45, 7) is 0. The zero-order chi connectivity index (χ0) is 18.0. The van der Waals surface area contributed by atoms with Crippen molar-refractivity contribution in [2.24, 2.45) is 0 Å². The summed E-state index contributed by atoms with van der Waals surface area (Å²) in [5.41, 5.74) is -0.0656. The highest BCUT2D eigenvalue weighted by atomic mass is 16.4. The van der Waals surface area contributed by atoms with Gasteiger partial charge in [0.15, 0.2) is 0 Å². The minimum atomic E-state index is -1.60. The molecule has 0 amide bonds. The zero-order valence-corrected chi connectivity index (χ0v) is 12.9. The van der Waals surface area contributed by atoms with E-state index in [4.69, 9.17) is 0 Å². The van der Waals surface area contributed by atoms with Gasteiger partial charge >= 0.3 is 5.97 Å². The molecule has 5 nitrogen and oxygen atoms in total. The molecule has 0 saturated heterocycles. The van der Waals surface area contributed by atoms with Gasteiger partial charge in [-0.25, -0.2) is 4.79 Å². The van der Waals surface area contributed by atoms with Crippen molar-refractivity contribution in [2.45, 2.75) is 0 Å². The van der Waals surface area contributed by atoms with Gasteiger partial charge in [0.05, 0.1) is 11.5 Å². The summed E-state index contributed by atoms with van der Waals surface area (Å²) in [5.74, 6) is -3.65. The third kappa shape index (κ3) is 2.95. The lowest BCUT2D eigenvalue weighted by atomic mass is 9.87. The van der Waals surface area contributed by atoms with Crippen LogP contribution in [0.15, 0.2) is 66.7 Å². The average molecular weight is 332 g/mol. The Labute approximate surface area is 143 Å². The van der Waals surface area contributed by atoms with Gasteiger partial charge in [0.2, 0.25) is 0 Å². The Morgan fingerprint density at radius 3 is 1.72 bits per heavy atom.